The molecule has 3 rings (SSSR count). The van der Waals surface area contributed by atoms with Crippen LogP contribution in [0.3, 0.4) is 0 Å². The number of benzene rings is 1. The summed E-state index contributed by atoms with van der Waals surface area (Å²) in [6.07, 6.45) is 5.52. The number of pyridine rings is 1. The minimum Gasteiger partial charge on any atom is -0.399 e. The molecule has 1 aromatic carbocycles. The molecule has 0 bridgehead atoms. The number of piperidine rings is 1. The molecule has 2 aromatic rings. The van der Waals surface area contributed by atoms with E-state index in [4.69, 9.17) is 5.73 Å². The third kappa shape index (κ3) is 3.27. The average Bonchev–Trinajstić information content (AvgIpc) is 2.49. The van der Waals surface area contributed by atoms with Crippen LogP contribution in [0, 0.1) is 0 Å². The lowest BCUT2D eigenvalue weighted by atomic mass is 10.0. The summed E-state index contributed by atoms with van der Waals surface area (Å²) in [6.45, 7) is 5.87. The topological polar surface area (TPSA) is 54.2 Å². The number of nitrogens with two attached hydrogens (primary N) is 1. The molecule has 0 amide bonds. The lowest BCUT2D eigenvalue weighted by Gasteiger charge is -2.32. The van der Waals surface area contributed by atoms with Crippen LogP contribution < -0.4 is 11.1 Å². The van der Waals surface area contributed by atoms with Crippen LogP contribution in [0.25, 0.3) is 10.9 Å². The van der Waals surface area contributed by atoms with Crippen molar-refractivity contribution in [2.45, 2.75) is 32.2 Å². The van der Waals surface area contributed by atoms with E-state index in [1.807, 2.05) is 18.3 Å². The molecule has 1 saturated heterocycles. The van der Waals surface area contributed by atoms with Crippen molar-refractivity contribution < 1.29 is 0 Å². The number of anilines is 2. The van der Waals surface area contributed by atoms with Crippen LogP contribution in [-0.2, 0) is 0 Å². The lowest BCUT2D eigenvalue weighted by molar-refractivity contribution is 0.219. The van der Waals surface area contributed by atoms with Gasteiger partial charge in [-0.05, 0) is 50.1 Å². The lowest BCUT2D eigenvalue weighted by Crippen LogP contribution is -2.39. The highest BCUT2D eigenvalue weighted by atomic mass is 15.1. The van der Waals surface area contributed by atoms with Gasteiger partial charge in [-0.1, -0.05) is 6.92 Å². The van der Waals surface area contributed by atoms with Crippen molar-refractivity contribution in [2.75, 3.05) is 30.7 Å². The van der Waals surface area contributed by atoms with Crippen LogP contribution in [0.5, 0.6) is 0 Å². The summed E-state index contributed by atoms with van der Waals surface area (Å²) in [5.74, 6) is 0. The van der Waals surface area contributed by atoms with Crippen LogP contribution in [0.4, 0.5) is 11.4 Å². The quantitative estimate of drug-likeness (QED) is 0.847. The van der Waals surface area contributed by atoms with Gasteiger partial charge in [0.05, 0.1) is 5.52 Å². The van der Waals surface area contributed by atoms with Crippen LogP contribution >= 0.6 is 0 Å². The van der Waals surface area contributed by atoms with E-state index in [2.05, 4.69) is 34.3 Å². The van der Waals surface area contributed by atoms with Gasteiger partial charge in [-0.2, -0.15) is 0 Å². The number of likely N-dealkylation sites (tertiary alicyclic amines) is 1. The van der Waals surface area contributed by atoms with Gasteiger partial charge in [0, 0.05) is 42.1 Å². The summed E-state index contributed by atoms with van der Waals surface area (Å²) in [6, 6.07) is 8.56. The second-order valence-electron chi connectivity index (χ2n) is 5.90. The predicted octanol–water partition coefficient (Wildman–Crippen LogP) is 3.10. The fourth-order valence-electron chi connectivity index (χ4n) is 3.13. The Hall–Kier alpha value is -1.81. The number of rotatable bonds is 4. The molecule has 3 N–H and O–H groups in total. The number of nitrogens with zero attached hydrogens (tertiary/aromatic N) is 2. The van der Waals surface area contributed by atoms with Crippen LogP contribution in [-0.4, -0.2) is 35.6 Å². The summed E-state index contributed by atoms with van der Waals surface area (Å²) < 4.78 is 0. The van der Waals surface area contributed by atoms with Gasteiger partial charge in [0.1, 0.15) is 0 Å². The van der Waals surface area contributed by atoms with E-state index in [1.54, 1.807) is 0 Å². The van der Waals surface area contributed by atoms with E-state index in [0.717, 1.165) is 16.6 Å². The Labute approximate surface area is 126 Å². The van der Waals surface area contributed by atoms with Crippen molar-refractivity contribution in [1.82, 2.24) is 9.88 Å². The third-order valence-corrected chi connectivity index (χ3v) is 4.25. The van der Waals surface area contributed by atoms with Gasteiger partial charge >= 0.3 is 0 Å². The van der Waals surface area contributed by atoms with E-state index < -0.39 is 0 Å². The van der Waals surface area contributed by atoms with Crippen molar-refractivity contribution in [3.63, 3.8) is 0 Å². The highest BCUT2D eigenvalue weighted by Gasteiger charge is 2.18. The number of hydrogen-bond acceptors (Lipinski definition) is 4. The molecule has 0 spiro atoms. The maximum Gasteiger partial charge on any atom is 0.0743 e. The first-order chi connectivity index (χ1) is 10.3. The minimum absolute atomic E-state index is 0.557. The molecule has 112 valence electrons. The molecule has 4 heteroatoms. The summed E-state index contributed by atoms with van der Waals surface area (Å²) in [5, 5.41) is 4.85. The van der Waals surface area contributed by atoms with Gasteiger partial charge in [-0.3, -0.25) is 4.98 Å². The summed E-state index contributed by atoms with van der Waals surface area (Å²) in [7, 11) is 0. The molecule has 0 unspecified atom stereocenters. The predicted molar refractivity (Wildman–Crippen MR) is 89.5 cm³/mol. The average molecular weight is 284 g/mol. The van der Waals surface area contributed by atoms with Gasteiger partial charge < -0.3 is 16.0 Å². The van der Waals surface area contributed by atoms with Gasteiger partial charge in [-0.25, -0.2) is 0 Å². The Kier molecular flexibility index (Phi) is 4.25. The third-order valence-electron chi connectivity index (χ3n) is 4.25. The summed E-state index contributed by atoms with van der Waals surface area (Å²) in [5.41, 5.74) is 8.74. The Morgan fingerprint density at radius 3 is 2.86 bits per heavy atom. The highest BCUT2D eigenvalue weighted by Crippen LogP contribution is 2.25. The molecule has 1 aromatic heterocycles. The first-order valence-corrected chi connectivity index (χ1v) is 7.89. The number of fused-ring (bicyclic) bond motifs is 1. The molecule has 0 saturated carbocycles. The monoisotopic (exact) mass is 284 g/mol. The second-order valence-corrected chi connectivity index (χ2v) is 5.90. The first kappa shape index (κ1) is 14.1. The van der Waals surface area contributed by atoms with E-state index >= 15 is 0 Å². The van der Waals surface area contributed by atoms with E-state index in [0.29, 0.717) is 6.04 Å². The van der Waals surface area contributed by atoms with E-state index in [-0.39, 0.29) is 0 Å². The standard InChI is InChI=1S/C17H24N4/c1-2-9-21-10-6-14(7-11-21)20-16-5-8-19-17-12-13(18)3-4-15(16)17/h3-5,8,12,14H,2,6-7,9-11,18H2,1H3,(H,19,20). The smallest absolute Gasteiger partial charge is 0.0743 e. The van der Waals surface area contributed by atoms with Crippen molar-refractivity contribution in [1.29, 1.82) is 0 Å². The van der Waals surface area contributed by atoms with Crippen LogP contribution in [0.15, 0.2) is 30.5 Å². The summed E-state index contributed by atoms with van der Waals surface area (Å²) >= 11 is 0. The molecule has 1 fully saturated rings. The van der Waals surface area contributed by atoms with Gasteiger partial charge in [0.25, 0.3) is 0 Å². The van der Waals surface area contributed by atoms with Crippen LogP contribution in [0.1, 0.15) is 26.2 Å². The Bertz CT molecular complexity index is 603. The fourth-order valence-corrected chi connectivity index (χ4v) is 3.13. The fraction of sp³-hybridized carbons (Fsp3) is 0.471. The van der Waals surface area contributed by atoms with E-state index in [1.165, 1.54) is 44.6 Å². The zero-order chi connectivity index (χ0) is 14.7. The van der Waals surface area contributed by atoms with Gasteiger partial charge in [-0.15, -0.1) is 0 Å². The normalized spacial score (nSPS) is 17.2. The summed E-state index contributed by atoms with van der Waals surface area (Å²) in [4.78, 5) is 6.96. The molecule has 0 radical (unpaired) electrons. The van der Waals surface area contributed by atoms with Crippen molar-refractivity contribution in [3.8, 4) is 0 Å². The molecule has 21 heavy (non-hydrogen) atoms. The second kappa shape index (κ2) is 6.31. The molecule has 2 heterocycles. The number of aromatic nitrogens is 1. The van der Waals surface area contributed by atoms with Crippen molar-refractivity contribution >= 4 is 22.3 Å². The molecule has 1 aliphatic heterocycles. The minimum atomic E-state index is 0.557. The zero-order valence-corrected chi connectivity index (χ0v) is 12.7. The van der Waals surface area contributed by atoms with Crippen molar-refractivity contribution in [2.24, 2.45) is 0 Å². The number of nitrogen functional groups attached to an aromatic ring is 1. The Morgan fingerprint density at radius 2 is 2.10 bits per heavy atom. The number of nitrogens with one attached hydrogen (secondary N) is 1. The zero-order valence-electron chi connectivity index (χ0n) is 12.7. The largest absolute Gasteiger partial charge is 0.399 e. The molecule has 1 aliphatic rings. The molecular formula is C17H24N4. The van der Waals surface area contributed by atoms with Gasteiger partial charge in [0.2, 0.25) is 0 Å². The number of hydrogen-bond donors (Lipinski definition) is 2. The molecule has 0 aliphatic carbocycles. The molecule has 0 atom stereocenters. The SMILES string of the molecule is CCCN1CCC(Nc2ccnc3cc(N)ccc23)CC1. The highest BCUT2D eigenvalue weighted by molar-refractivity contribution is 5.92. The van der Waals surface area contributed by atoms with Gasteiger partial charge in [0.15, 0.2) is 0 Å². The Morgan fingerprint density at radius 1 is 1.29 bits per heavy atom. The van der Waals surface area contributed by atoms with Crippen molar-refractivity contribution in [3.05, 3.63) is 30.5 Å². The Balaban J connectivity index is 1.71. The maximum atomic E-state index is 5.84. The first-order valence-electron chi connectivity index (χ1n) is 7.89. The molecular weight excluding hydrogens is 260 g/mol. The maximum absolute atomic E-state index is 5.84. The molecule has 4 nitrogen and oxygen atoms in total. The van der Waals surface area contributed by atoms with E-state index in [9.17, 15) is 0 Å². The van der Waals surface area contributed by atoms with Crippen LogP contribution in [0.2, 0.25) is 0 Å².